The fraction of sp³-hybridized carbons (Fsp3) is 0.161. The Labute approximate surface area is 210 Å². The van der Waals surface area contributed by atoms with Crippen molar-refractivity contribution in [3.8, 4) is 17.3 Å². The maximum absolute atomic E-state index is 12.7. The molecule has 0 saturated heterocycles. The van der Waals surface area contributed by atoms with Gasteiger partial charge in [0, 0.05) is 30.9 Å². The van der Waals surface area contributed by atoms with E-state index in [9.17, 15) is 4.79 Å². The van der Waals surface area contributed by atoms with E-state index < -0.39 is 0 Å². The summed E-state index contributed by atoms with van der Waals surface area (Å²) in [5, 5.41) is 0. The second-order valence-corrected chi connectivity index (χ2v) is 8.90. The van der Waals surface area contributed by atoms with E-state index in [0.717, 1.165) is 5.56 Å². The standard InChI is InChI=1S/C31H28N2O3/c1-23(28(25-13-7-3-8-14-25)26-15-9-4-10-16-26)21-33-19-18-32-31(33)30-29(27(34)17-20-35-30)36-22-24-11-5-2-6-12-24/h2-20,23,28H,21-22H2,1H3/t23-/m1/s1. The van der Waals surface area contributed by atoms with Crippen LogP contribution < -0.4 is 10.2 Å². The minimum atomic E-state index is -0.235. The molecular weight excluding hydrogens is 448 g/mol. The average molecular weight is 477 g/mol. The van der Waals surface area contributed by atoms with E-state index >= 15 is 0 Å². The molecule has 2 heterocycles. The number of ether oxygens (including phenoxy) is 1. The number of benzene rings is 3. The van der Waals surface area contributed by atoms with Crippen molar-refractivity contribution in [2.45, 2.75) is 26.0 Å². The molecule has 0 N–H and O–H groups in total. The molecule has 0 bridgehead atoms. The summed E-state index contributed by atoms with van der Waals surface area (Å²) in [4.78, 5) is 17.3. The Bertz CT molecular complexity index is 1400. The summed E-state index contributed by atoms with van der Waals surface area (Å²) in [6.45, 7) is 3.19. The highest BCUT2D eigenvalue weighted by Crippen LogP contribution is 2.34. The van der Waals surface area contributed by atoms with Crippen LogP contribution in [0.25, 0.3) is 11.6 Å². The lowest BCUT2D eigenvalue weighted by atomic mass is 9.81. The van der Waals surface area contributed by atoms with Crippen molar-refractivity contribution in [3.05, 3.63) is 143 Å². The number of hydrogen-bond acceptors (Lipinski definition) is 4. The molecule has 0 spiro atoms. The van der Waals surface area contributed by atoms with Gasteiger partial charge in [0.2, 0.25) is 16.9 Å². The first-order valence-corrected chi connectivity index (χ1v) is 12.1. The zero-order valence-corrected chi connectivity index (χ0v) is 20.2. The third kappa shape index (κ3) is 5.15. The maximum atomic E-state index is 12.7. The average Bonchev–Trinajstić information content (AvgIpc) is 3.37. The second-order valence-electron chi connectivity index (χ2n) is 8.90. The highest BCUT2D eigenvalue weighted by Gasteiger charge is 2.24. The van der Waals surface area contributed by atoms with Gasteiger partial charge in [0.25, 0.3) is 0 Å². The first-order chi connectivity index (χ1) is 17.7. The van der Waals surface area contributed by atoms with Crippen LogP contribution in [0.15, 0.2) is 125 Å². The molecule has 0 fully saturated rings. The molecule has 36 heavy (non-hydrogen) atoms. The molecule has 1 atom stereocenters. The quantitative estimate of drug-likeness (QED) is 0.242. The molecule has 3 aromatic carbocycles. The molecule has 180 valence electrons. The summed E-state index contributed by atoms with van der Waals surface area (Å²) in [7, 11) is 0. The van der Waals surface area contributed by atoms with Gasteiger partial charge in [0.1, 0.15) is 6.61 Å². The molecule has 0 aliphatic carbocycles. The van der Waals surface area contributed by atoms with Gasteiger partial charge in [-0.1, -0.05) is 97.9 Å². The van der Waals surface area contributed by atoms with Gasteiger partial charge in [-0.2, -0.15) is 0 Å². The van der Waals surface area contributed by atoms with Crippen molar-refractivity contribution in [3.63, 3.8) is 0 Å². The lowest BCUT2D eigenvalue weighted by molar-refractivity contribution is 0.294. The van der Waals surface area contributed by atoms with Crippen LogP contribution in [0.1, 0.15) is 29.5 Å². The summed E-state index contributed by atoms with van der Waals surface area (Å²) in [6.07, 6.45) is 5.05. The highest BCUT2D eigenvalue weighted by atomic mass is 16.5. The van der Waals surface area contributed by atoms with Crippen LogP contribution in [-0.2, 0) is 13.2 Å². The summed E-state index contributed by atoms with van der Waals surface area (Å²) in [5.41, 5.74) is 3.26. The first kappa shape index (κ1) is 23.4. The lowest BCUT2D eigenvalue weighted by Crippen LogP contribution is -2.18. The predicted octanol–water partition coefficient (Wildman–Crippen LogP) is 6.55. The summed E-state index contributed by atoms with van der Waals surface area (Å²) < 4.78 is 13.8. The van der Waals surface area contributed by atoms with Gasteiger partial charge >= 0.3 is 0 Å². The molecule has 0 aliphatic rings. The Kier molecular flexibility index (Phi) is 7.08. The maximum Gasteiger partial charge on any atom is 0.227 e. The van der Waals surface area contributed by atoms with Gasteiger partial charge in [-0.15, -0.1) is 0 Å². The number of nitrogens with zero attached hydrogens (tertiary/aromatic N) is 2. The van der Waals surface area contributed by atoms with Crippen LogP contribution in [0.5, 0.6) is 5.75 Å². The molecule has 0 radical (unpaired) electrons. The second kappa shape index (κ2) is 10.9. The largest absolute Gasteiger partial charge is 0.481 e. The minimum Gasteiger partial charge on any atom is -0.481 e. The van der Waals surface area contributed by atoms with E-state index in [4.69, 9.17) is 9.15 Å². The van der Waals surface area contributed by atoms with Crippen molar-refractivity contribution < 1.29 is 9.15 Å². The Hall–Kier alpha value is -4.38. The van der Waals surface area contributed by atoms with E-state index in [-0.39, 0.29) is 29.6 Å². The van der Waals surface area contributed by atoms with Crippen LogP contribution in [0.4, 0.5) is 0 Å². The number of rotatable bonds is 9. The fourth-order valence-corrected chi connectivity index (χ4v) is 4.68. The van der Waals surface area contributed by atoms with Gasteiger partial charge < -0.3 is 13.7 Å². The normalized spacial score (nSPS) is 11.9. The molecule has 0 aliphatic heterocycles. The van der Waals surface area contributed by atoms with Crippen molar-refractivity contribution >= 4 is 0 Å². The van der Waals surface area contributed by atoms with Gasteiger partial charge in [0.05, 0.1) is 6.26 Å². The van der Waals surface area contributed by atoms with Crippen molar-refractivity contribution in [2.75, 3.05) is 0 Å². The van der Waals surface area contributed by atoms with E-state index in [2.05, 4.69) is 60.4 Å². The molecular formula is C31H28N2O3. The van der Waals surface area contributed by atoms with Crippen LogP contribution in [0.2, 0.25) is 0 Å². The molecule has 0 unspecified atom stereocenters. The third-order valence-corrected chi connectivity index (χ3v) is 6.35. The van der Waals surface area contributed by atoms with Gasteiger partial charge in [-0.05, 0) is 22.6 Å². The fourth-order valence-electron chi connectivity index (χ4n) is 4.68. The van der Waals surface area contributed by atoms with Gasteiger partial charge in [-0.25, -0.2) is 4.98 Å². The third-order valence-electron chi connectivity index (χ3n) is 6.35. The summed E-state index contributed by atoms with van der Waals surface area (Å²) in [6, 6.07) is 32.2. The molecule has 0 amide bonds. The predicted molar refractivity (Wildman–Crippen MR) is 141 cm³/mol. The molecule has 5 nitrogen and oxygen atoms in total. The van der Waals surface area contributed by atoms with Gasteiger partial charge in [-0.3, -0.25) is 4.79 Å². The Morgan fingerprint density at radius 2 is 1.47 bits per heavy atom. The minimum absolute atomic E-state index is 0.170. The lowest BCUT2D eigenvalue weighted by Gasteiger charge is -2.26. The molecule has 5 aromatic rings. The molecule has 5 rings (SSSR count). The highest BCUT2D eigenvalue weighted by molar-refractivity contribution is 5.57. The van der Waals surface area contributed by atoms with E-state index in [1.54, 1.807) is 6.20 Å². The van der Waals surface area contributed by atoms with Crippen molar-refractivity contribution in [1.29, 1.82) is 0 Å². The van der Waals surface area contributed by atoms with Crippen LogP contribution >= 0.6 is 0 Å². The van der Waals surface area contributed by atoms with Crippen LogP contribution in [0.3, 0.4) is 0 Å². The van der Waals surface area contributed by atoms with E-state index in [1.807, 2.05) is 53.2 Å². The zero-order chi connectivity index (χ0) is 24.7. The van der Waals surface area contributed by atoms with E-state index in [0.29, 0.717) is 18.1 Å². The number of hydrogen-bond donors (Lipinski definition) is 0. The Morgan fingerprint density at radius 1 is 0.861 bits per heavy atom. The Morgan fingerprint density at radius 3 is 2.11 bits per heavy atom. The molecule has 0 saturated carbocycles. The van der Waals surface area contributed by atoms with Crippen molar-refractivity contribution in [1.82, 2.24) is 9.55 Å². The molecule has 5 heteroatoms. The zero-order valence-electron chi connectivity index (χ0n) is 20.2. The molecule has 2 aromatic heterocycles. The Balaban J connectivity index is 1.45. The van der Waals surface area contributed by atoms with E-state index in [1.165, 1.54) is 23.5 Å². The summed E-state index contributed by atoms with van der Waals surface area (Å²) >= 11 is 0. The van der Waals surface area contributed by atoms with Gasteiger partial charge in [0.15, 0.2) is 5.82 Å². The smallest absolute Gasteiger partial charge is 0.227 e. The van der Waals surface area contributed by atoms with Crippen molar-refractivity contribution in [2.24, 2.45) is 5.92 Å². The SMILES string of the molecule is C[C@H](Cn1ccnc1-c1occc(=O)c1OCc1ccccc1)C(c1ccccc1)c1ccccc1. The summed E-state index contributed by atoms with van der Waals surface area (Å²) in [5.74, 6) is 1.50. The number of aromatic nitrogens is 2. The monoisotopic (exact) mass is 476 g/mol. The topological polar surface area (TPSA) is 57.3 Å². The first-order valence-electron chi connectivity index (χ1n) is 12.1. The van der Waals surface area contributed by atoms with Crippen LogP contribution in [-0.4, -0.2) is 9.55 Å². The van der Waals surface area contributed by atoms with Crippen LogP contribution in [0, 0.1) is 5.92 Å². The number of imidazole rings is 1.